The largest absolute Gasteiger partial charge is 0.366 e. The van der Waals surface area contributed by atoms with Crippen molar-refractivity contribution in [3.05, 3.63) is 56.7 Å². The molecule has 0 radical (unpaired) electrons. The van der Waals surface area contributed by atoms with E-state index < -0.39 is 5.91 Å². The van der Waals surface area contributed by atoms with Crippen LogP contribution in [0.15, 0.2) is 35.7 Å². The second kappa shape index (κ2) is 6.70. The number of hydrogen-bond donors (Lipinski definition) is 2. The molecule has 23 heavy (non-hydrogen) atoms. The Morgan fingerprint density at radius 2 is 2.17 bits per heavy atom. The van der Waals surface area contributed by atoms with Crippen LogP contribution in [0, 0.1) is 0 Å². The Hall–Kier alpha value is -1.89. The summed E-state index contributed by atoms with van der Waals surface area (Å²) in [4.78, 5) is 26.4. The van der Waals surface area contributed by atoms with Gasteiger partial charge >= 0.3 is 0 Å². The zero-order chi connectivity index (χ0) is 16.4. The Kier molecular flexibility index (Phi) is 4.66. The van der Waals surface area contributed by atoms with Crippen LogP contribution < -0.4 is 11.1 Å². The van der Waals surface area contributed by atoms with Gasteiger partial charge in [-0.2, -0.15) is 0 Å². The maximum atomic E-state index is 12.8. The molecule has 1 atom stereocenters. The van der Waals surface area contributed by atoms with Crippen LogP contribution >= 0.6 is 22.9 Å². The van der Waals surface area contributed by atoms with Crippen LogP contribution in [-0.4, -0.2) is 36.3 Å². The molecule has 1 fully saturated rings. The lowest BCUT2D eigenvalue weighted by molar-refractivity contribution is 0.0639. The van der Waals surface area contributed by atoms with Gasteiger partial charge in [-0.25, -0.2) is 0 Å². The highest BCUT2D eigenvalue weighted by atomic mass is 35.5. The molecule has 2 aromatic rings. The Labute approximate surface area is 143 Å². The third-order valence-electron chi connectivity index (χ3n) is 3.83. The smallest absolute Gasteiger partial charge is 0.264 e. The third kappa shape index (κ3) is 3.39. The molecular formula is C16H16ClN3O2S. The van der Waals surface area contributed by atoms with E-state index in [4.69, 9.17) is 17.3 Å². The first-order chi connectivity index (χ1) is 11.1. The standard InChI is InChI=1S/C16H16ClN3O2S/c17-12-3-1-2-10(6-12)13-8-19-4-5-20(13)16(22)14-7-11(9-23-14)15(18)21/h1-3,6-7,9,13,19H,4-5,8H2,(H2,18,21). The molecule has 3 N–H and O–H groups in total. The fourth-order valence-electron chi connectivity index (χ4n) is 2.68. The van der Waals surface area contributed by atoms with E-state index in [0.717, 1.165) is 12.1 Å². The summed E-state index contributed by atoms with van der Waals surface area (Å²) in [6.07, 6.45) is 0. The van der Waals surface area contributed by atoms with Gasteiger partial charge in [-0.15, -0.1) is 11.3 Å². The monoisotopic (exact) mass is 349 g/mol. The van der Waals surface area contributed by atoms with Crippen molar-refractivity contribution in [2.45, 2.75) is 6.04 Å². The summed E-state index contributed by atoms with van der Waals surface area (Å²) < 4.78 is 0. The number of benzene rings is 1. The van der Waals surface area contributed by atoms with E-state index in [0.29, 0.717) is 28.6 Å². The topological polar surface area (TPSA) is 75.4 Å². The number of halogens is 1. The fourth-order valence-corrected chi connectivity index (χ4v) is 3.73. The van der Waals surface area contributed by atoms with Crippen molar-refractivity contribution in [3.8, 4) is 0 Å². The van der Waals surface area contributed by atoms with Gasteiger partial charge in [-0.05, 0) is 23.8 Å². The molecule has 120 valence electrons. The minimum absolute atomic E-state index is 0.0888. The first-order valence-electron chi connectivity index (χ1n) is 7.22. The lowest BCUT2D eigenvalue weighted by Gasteiger charge is -2.36. The number of primary amides is 1. The van der Waals surface area contributed by atoms with Crippen LogP contribution in [-0.2, 0) is 0 Å². The summed E-state index contributed by atoms with van der Waals surface area (Å²) in [6.45, 7) is 2.00. The summed E-state index contributed by atoms with van der Waals surface area (Å²) in [5.74, 6) is -0.610. The molecule has 7 heteroatoms. The van der Waals surface area contributed by atoms with E-state index in [1.54, 1.807) is 11.4 Å². The number of nitrogens with zero attached hydrogens (tertiary/aromatic N) is 1. The average Bonchev–Trinajstić information content (AvgIpc) is 3.04. The molecular weight excluding hydrogens is 334 g/mol. The Bertz CT molecular complexity index is 746. The third-order valence-corrected chi connectivity index (χ3v) is 4.99. The van der Waals surface area contributed by atoms with Crippen LogP contribution in [0.5, 0.6) is 0 Å². The van der Waals surface area contributed by atoms with Crippen molar-refractivity contribution in [1.29, 1.82) is 0 Å². The number of rotatable bonds is 3. The van der Waals surface area contributed by atoms with Crippen molar-refractivity contribution in [2.75, 3.05) is 19.6 Å². The lowest BCUT2D eigenvalue weighted by atomic mass is 10.0. The van der Waals surface area contributed by atoms with Crippen LogP contribution in [0.4, 0.5) is 0 Å². The van der Waals surface area contributed by atoms with Gasteiger partial charge in [0.05, 0.1) is 16.5 Å². The van der Waals surface area contributed by atoms with E-state index >= 15 is 0 Å². The summed E-state index contributed by atoms with van der Waals surface area (Å²) >= 11 is 7.31. The highest BCUT2D eigenvalue weighted by molar-refractivity contribution is 7.12. The molecule has 1 saturated heterocycles. The molecule has 2 heterocycles. The van der Waals surface area contributed by atoms with Gasteiger partial charge in [0.1, 0.15) is 0 Å². The van der Waals surface area contributed by atoms with Gasteiger partial charge in [-0.1, -0.05) is 23.7 Å². The first-order valence-corrected chi connectivity index (χ1v) is 8.47. The molecule has 0 saturated carbocycles. The number of amides is 2. The molecule has 5 nitrogen and oxygen atoms in total. The van der Waals surface area contributed by atoms with E-state index in [1.165, 1.54) is 11.3 Å². The Morgan fingerprint density at radius 1 is 1.35 bits per heavy atom. The van der Waals surface area contributed by atoms with Crippen LogP contribution in [0.3, 0.4) is 0 Å². The number of nitrogens with one attached hydrogen (secondary N) is 1. The van der Waals surface area contributed by atoms with Crippen molar-refractivity contribution in [3.63, 3.8) is 0 Å². The first kappa shape index (κ1) is 16.0. The average molecular weight is 350 g/mol. The molecule has 0 bridgehead atoms. The van der Waals surface area contributed by atoms with E-state index in [9.17, 15) is 9.59 Å². The molecule has 1 aromatic carbocycles. The molecule has 2 amide bonds. The minimum atomic E-state index is -0.521. The van der Waals surface area contributed by atoms with Gasteiger partial charge in [0.2, 0.25) is 5.91 Å². The maximum absolute atomic E-state index is 12.8. The summed E-state index contributed by atoms with van der Waals surface area (Å²) in [5, 5.41) is 5.57. The summed E-state index contributed by atoms with van der Waals surface area (Å²) in [6, 6.07) is 9.01. The quantitative estimate of drug-likeness (QED) is 0.892. The van der Waals surface area contributed by atoms with Crippen molar-refractivity contribution < 1.29 is 9.59 Å². The van der Waals surface area contributed by atoms with Crippen molar-refractivity contribution in [2.24, 2.45) is 5.73 Å². The molecule has 1 unspecified atom stereocenters. The molecule has 0 spiro atoms. The highest BCUT2D eigenvalue weighted by Crippen LogP contribution is 2.27. The van der Waals surface area contributed by atoms with Crippen molar-refractivity contribution >= 4 is 34.8 Å². The number of carbonyl (C=O) groups is 2. The zero-order valence-electron chi connectivity index (χ0n) is 12.3. The maximum Gasteiger partial charge on any atom is 0.264 e. The van der Waals surface area contributed by atoms with Gasteiger partial charge in [0.25, 0.3) is 5.91 Å². The minimum Gasteiger partial charge on any atom is -0.366 e. The SMILES string of the molecule is NC(=O)c1csc(C(=O)N2CCNCC2c2cccc(Cl)c2)c1. The number of thiophene rings is 1. The second-order valence-electron chi connectivity index (χ2n) is 5.34. The summed E-state index contributed by atoms with van der Waals surface area (Å²) in [7, 11) is 0. The second-order valence-corrected chi connectivity index (χ2v) is 6.69. The van der Waals surface area contributed by atoms with E-state index in [-0.39, 0.29) is 11.9 Å². The normalized spacial score (nSPS) is 18.0. The Balaban J connectivity index is 1.88. The Morgan fingerprint density at radius 3 is 2.87 bits per heavy atom. The van der Waals surface area contributed by atoms with Crippen LogP contribution in [0.25, 0.3) is 0 Å². The number of hydrogen-bond acceptors (Lipinski definition) is 4. The number of carbonyl (C=O) groups excluding carboxylic acids is 2. The summed E-state index contributed by atoms with van der Waals surface area (Å²) in [5.41, 5.74) is 6.62. The molecule has 1 aromatic heterocycles. The predicted molar refractivity (Wildman–Crippen MR) is 90.9 cm³/mol. The highest BCUT2D eigenvalue weighted by Gasteiger charge is 2.29. The zero-order valence-corrected chi connectivity index (χ0v) is 13.9. The van der Waals surface area contributed by atoms with Gasteiger partial charge in [-0.3, -0.25) is 9.59 Å². The molecule has 0 aliphatic carbocycles. The number of piperazine rings is 1. The number of nitrogens with two attached hydrogens (primary N) is 1. The van der Waals surface area contributed by atoms with E-state index in [1.807, 2.05) is 29.2 Å². The molecule has 1 aliphatic rings. The van der Waals surface area contributed by atoms with Gasteiger partial charge in [0, 0.05) is 30.0 Å². The predicted octanol–water partition coefficient (Wildman–Crippen LogP) is 2.29. The molecule has 1 aliphatic heterocycles. The lowest BCUT2D eigenvalue weighted by Crippen LogP contribution is -2.48. The fraction of sp³-hybridized carbons (Fsp3) is 0.250. The van der Waals surface area contributed by atoms with Crippen LogP contribution in [0.2, 0.25) is 5.02 Å². The molecule has 3 rings (SSSR count). The van der Waals surface area contributed by atoms with Gasteiger partial charge < -0.3 is 16.0 Å². The van der Waals surface area contributed by atoms with Gasteiger partial charge in [0.15, 0.2) is 0 Å². The van der Waals surface area contributed by atoms with Crippen LogP contribution in [0.1, 0.15) is 31.6 Å². The van der Waals surface area contributed by atoms with Crippen molar-refractivity contribution in [1.82, 2.24) is 10.2 Å². The van der Waals surface area contributed by atoms with E-state index in [2.05, 4.69) is 5.32 Å².